The smallest absolute Gasteiger partial charge is 0.00772 e. The molecule has 1 fully saturated rings. The van der Waals surface area contributed by atoms with Gasteiger partial charge in [-0.2, -0.15) is 0 Å². The van der Waals surface area contributed by atoms with Gasteiger partial charge < -0.3 is 11.9 Å². The minimum absolute atomic E-state index is 0. The fourth-order valence-electron chi connectivity index (χ4n) is 2.74. The van der Waals surface area contributed by atoms with E-state index < -0.39 is 0 Å². The molecule has 1 saturated carbocycles. The van der Waals surface area contributed by atoms with Crippen molar-refractivity contribution in [1.82, 2.24) is 6.15 Å². The van der Waals surface area contributed by atoms with Crippen LogP contribution in [0.25, 0.3) is 0 Å². The van der Waals surface area contributed by atoms with Crippen LogP contribution in [-0.2, 0) is 0 Å². The lowest BCUT2D eigenvalue weighted by atomic mass is 9.78. The topological polar surface area (TPSA) is 61.0 Å². The van der Waals surface area contributed by atoms with Gasteiger partial charge in [0.05, 0.1) is 0 Å². The third kappa shape index (κ3) is 4.97. The van der Waals surface area contributed by atoms with Gasteiger partial charge in [0.15, 0.2) is 0 Å². The molecule has 2 unspecified atom stereocenters. The summed E-state index contributed by atoms with van der Waals surface area (Å²) in [7, 11) is 0. The van der Waals surface area contributed by atoms with Crippen LogP contribution in [0.4, 0.5) is 0 Å². The summed E-state index contributed by atoms with van der Waals surface area (Å²) in [6.45, 7) is 3.19. The summed E-state index contributed by atoms with van der Waals surface area (Å²) in [4.78, 5) is 0. The molecule has 0 aromatic carbocycles. The standard InChI is InChI=1S/C12H25N.H3N/c1-2-5-11-6-3-7-12(10-11)8-4-9-13;/h11-12H,2-10,13H2,1H3;1H3. The summed E-state index contributed by atoms with van der Waals surface area (Å²) >= 11 is 0. The summed E-state index contributed by atoms with van der Waals surface area (Å²) in [5, 5.41) is 0. The highest BCUT2D eigenvalue weighted by Gasteiger charge is 2.20. The van der Waals surface area contributed by atoms with Crippen molar-refractivity contribution >= 4 is 0 Å². The van der Waals surface area contributed by atoms with Crippen LogP contribution in [0.1, 0.15) is 58.3 Å². The molecule has 1 aliphatic rings. The highest BCUT2D eigenvalue weighted by atomic mass is 14.5. The van der Waals surface area contributed by atoms with Gasteiger partial charge in [-0.15, -0.1) is 0 Å². The van der Waals surface area contributed by atoms with Gasteiger partial charge in [-0.25, -0.2) is 0 Å². The van der Waals surface area contributed by atoms with Gasteiger partial charge in [-0.05, 0) is 37.6 Å². The largest absolute Gasteiger partial charge is 0.344 e. The van der Waals surface area contributed by atoms with Crippen molar-refractivity contribution in [2.75, 3.05) is 6.54 Å². The van der Waals surface area contributed by atoms with E-state index in [-0.39, 0.29) is 6.15 Å². The lowest BCUT2D eigenvalue weighted by molar-refractivity contribution is 0.240. The Morgan fingerprint density at radius 1 is 1.14 bits per heavy atom. The first-order valence-corrected chi connectivity index (χ1v) is 6.06. The predicted octanol–water partition coefficient (Wildman–Crippen LogP) is 3.49. The molecular formula is C12H28N2. The van der Waals surface area contributed by atoms with E-state index in [0.717, 1.165) is 18.4 Å². The Kier molecular flexibility index (Phi) is 8.20. The molecule has 0 amide bonds. The number of hydrogen-bond acceptors (Lipinski definition) is 2. The Bertz CT molecular complexity index is 123. The summed E-state index contributed by atoms with van der Waals surface area (Å²) < 4.78 is 0. The molecule has 0 aromatic heterocycles. The predicted molar refractivity (Wildman–Crippen MR) is 63.7 cm³/mol. The maximum atomic E-state index is 5.54. The van der Waals surface area contributed by atoms with E-state index in [0.29, 0.717) is 0 Å². The maximum Gasteiger partial charge on any atom is -0.00772 e. The molecule has 1 aliphatic carbocycles. The first kappa shape index (κ1) is 13.9. The van der Waals surface area contributed by atoms with E-state index >= 15 is 0 Å². The van der Waals surface area contributed by atoms with E-state index in [9.17, 15) is 0 Å². The molecule has 0 saturated heterocycles. The lowest BCUT2D eigenvalue weighted by Gasteiger charge is -2.28. The molecule has 0 aliphatic heterocycles. The average Bonchev–Trinajstić information content (AvgIpc) is 2.16. The zero-order valence-corrected chi connectivity index (χ0v) is 9.80. The van der Waals surface area contributed by atoms with E-state index in [1.54, 1.807) is 0 Å². The van der Waals surface area contributed by atoms with Crippen molar-refractivity contribution in [1.29, 1.82) is 0 Å². The van der Waals surface area contributed by atoms with Gasteiger partial charge in [0, 0.05) is 0 Å². The second-order valence-electron chi connectivity index (χ2n) is 4.62. The Balaban J connectivity index is 0.00000169. The van der Waals surface area contributed by atoms with Crippen LogP contribution in [0.5, 0.6) is 0 Å². The Labute approximate surface area is 89.2 Å². The van der Waals surface area contributed by atoms with E-state index in [1.807, 2.05) is 0 Å². The van der Waals surface area contributed by atoms with Gasteiger partial charge in [-0.1, -0.05) is 39.0 Å². The maximum absolute atomic E-state index is 5.54. The molecule has 2 nitrogen and oxygen atoms in total. The van der Waals surface area contributed by atoms with Gasteiger partial charge in [0.2, 0.25) is 0 Å². The molecule has 2 heteroatoms. The van der Waals surface area contributed by atoms with E-state index in [1.165, 1.54) is 51.4 Å². The molecule has 0 heterocycles. The Morgan fingerprint density at radius 2 is 1.79 bits per heavy atom. The summed E-state index contributed by atoms with van der Waals surface area (Å²) in [5.41, 5.74) is 5.54. The van der Waals surface area contributed by atoms with Crippen LogP contribution in [0.3, 0.4) is 0 Å². The second kappa shape index (κ2) is 8.25. The zero-order chi connectivity index (χ0) is 9.52. The molecular weight excluding hydrogens is 172 g/mol. The van der Waals surface area contributed by atoms with E-state index in [2.05, 4.69) is 6.92 Å². The highest BCUT2D eigenvalue weighted by molar-refractivity contribution is 4.73. The number of rotatable bonds is 5. The van der Waals surface area contributed by atoms with Gasteiger partial charge in [-0.3, -0.25) is 0 Å². The molecule has 86 valence electrons. The summed E-state index contributed by atoms with van der Waals surface area (Å²) in [6, 6.07) is 0. The van der Waals surface area contributed by atoms with Crippen molar-refractivity contribution in [3.63, 3.8) is 0 Å². The third-order valence-corrected chi connectivity index (χ3v) is 3.40. The molecule has 1 rings (SSSR count). The van der Waals surface area contributed by atoms with Crippen LogP contribution in [0.2, 0.25) is 0 Å². The first-order valence-electron chi connectivity index (χ1n) is 6.06. The summed E-state index contributed by atoms with van der Waals surface area (Å²) in [5.74, 6) is 2.05. The minimum Gasteiger partial charge on any atom is -0.344 e. The van der Waals surface area contributed by atoms with Crippen molar-refractivity contribution in [2.24, 2.45) is 17.6 Å². The fraction of sp³-hybridized carbons (Fsp3) is 1.00. The van der Waals surface area contributed by atoms with Crippen molar-refractivity contribution in [2.45, 2.75) is 58.3 Å². The Hall–Kier alpha value is -0.0800. The fourth-order valence-corrected chi connectivity index (χ4v) is 2.74. The SMILES string of the molecule is CCCC1CCCC(CCCN)C1.N. The summed E-state index contributed by atoms with van der Waals surface area (Å²) in [6.07, 6.45) is 11.4. The van der Waals surface area contributed by atoms with Crippen molar-refractivity contribution in [3.8, 4) is 0 Å². The monoisotopic (exact) mass is 200 g/mol. The van der Waals surface area contributed by atoms with Gasteiger partial charge >= 0.3 is 0 Å². The van der Waals surface area contributed by atoms with Crippen LogP contribution < -0.4 is 11.9 Å². The van der Waals surface area contributed by atoms with Crippen LogP contribution >= 0.6 is 0 Å². The normalized spacial score (nSPS) is 27.0. The molecule has 0 radical (unpaired) electrons. The average molecular weight is 200 g/mol. The Morgan fingerprint density at radius 3 is 2.36 bits per heavy atom. The van der Waals surface area contributed by atoms with Crippen LogP contribution in [-0.4, -0.2) is 6.54 Å². The highest BCUT2D eigenvalue weighted by Crippen LogP contribution is 2.33. The van der Waals surface area contributed by atoms with Gasteiger partial charge in [0.1, 0.15) is 0 Å². The lowest BCUT2D eigenvalue weighted by Crippen LogP contribution is -2.16. The van der Waals surface area contributed by atoms with Crippen molar-refractivity contribution < 1.29 is 0 Å². The molecule has 0 bridgehead atoms. The van der Waals surface area contributed by atoms with E-state index in [4.69, 9.17) is 5.73 Å². The molecule has 5 N–H and O–H groups in total. The van der Waals surface area contributed by atoms with Crippen LogP contribution in [0.15, 0.2) is 0 Å². The second-order valence-corrected chi connectivity index (χ2v) is 4.62. The quantitative estimate of drug-likeness (QED) is 0.713. The minimum atomic E-state index is 0. The van der Waals surface area contributed by atoms with Crippen molar-refractivity contribution in [3.05, 3.63) is 0 Å². The van der Waals surface area contributed by atoms with Crippen LogP contribution in [0, 0.1) is 11.8 Å². The first-order chi connectivity index (χ1) is 6.36. The number of nitrogens with two attached hydrogens (primary N) is 1. The molecule has 14 heavy (non-hydrogen) atoms. The third-order valence-electron chi connectivity index (χ3n) is 3.40. The molecule has 2 atom stereocenters. The molecule has 0 aromatic rings. The molecule has 0 spiro atoms. The zero-order valence-electron chi connectivity index (χ0n) is 9.80. The van der Waals surface area contributed by atoms with Gasteiger partial charge in [0.25, 0.3) is 0 Å². The number of hydrogen-bond donors (Lipinski definition) is 2.